The van der Waals surface area contributed by atoms with Crippen LogP contribution in [-0.2, 0) is 148 Å². The molecule has 0 spiro atoms. The molecule has 0 aliphatic carbocycles. The molecule has 0 aliphatic heterocycles. The zero-order valence-corrected chi connectivity index (χ0v) is 92.7. The number of carbonyl (C=O) groups is 3. The lowest BCUT2D eigenvalue weighted by atomic mass is 10.1. The van der Waals surface area contributed by atoms with Crippen molar-refractivity contribution in [3.8, 4) is 81.8 Å². The summed E-state index contributed by atoms with van der Waals surface area (Å²) >= 11 is 3.58. The van der Waals surface area contributed by atoms with Gasteiger partial charge in [0.2, 0.25) is 0 Å². The highest BCUT2D eigenvalue weighted by Gasteiger charge is 2.32. The van der Waals surface area contributed by atoms with Gasteiger partial charge < -0.3 is 79.7 Å². The summed E-state index contributed by atoms with van der Waals surface area (Å²) in [5.41, 5.74) is 5.36. The zero-order valence-electron chi connectivity index (χ0n) is 87.6. The number of aromatic nitrogens is 10. The van der Waals surface area contributed by atoms with Crippen molar-refractivity contribution in [2.75, 3.05) is 206 Å². The molecule has 8 rings (SSSR count). The van der Waals surface area contributed by atoms with Gasteiger partial charge in [0.05, 0.1) is 130 Å². The van der Waals surface area contributed by atoms with Gasteiger partial charge in [-0.05, 0) is 172 Å². The largest absolute Gasteiger partial charge is 0.490 e. The summed E-state index contributed by atoms with van der Waals surface area (Å²) in [6, 6.07) is 21.6. The molecule has 0 aliphatic rings. The second-order valence-electron chi connectivity index (χ2n) is 30.2. The number of hydrogen-bond donors (Lipinski definition) is 0. The first kappa shape index (κ1) is 131. The number of halogens is 1. The highest BCUT2D eigenvalue weighted by Crippen LogP contribution is 2.50. The fourth-order valence-corrected chi connectivity index (χ4v) is 17.3. The number of esters is 3. The average Bonchev–Trinajstić information content (AvgIpc) is 1.59. The second-order valence-corrected chi connectivity index (χ2v) is 35.9. The lowest BCUT2D eigenvalue weighted by Gasteiger charge is -2.25. The molecular weight excluding hydrogens is 2070 g/mol. The molecule has 2 aromatic carbocycles. The van der Waals surface area contributed by atoms with Gasteiger partial charge in [0.1, 0.15) is 75.5 Å². The zero-order chi connectivity index (χ0) is 109. The number of benzene rings is 2. The van der Waals surface area contributed by atoms with Crippen LogP contribution in [0.15, 0.2) is 102 Å². The minimum Gasteiger partial charge on any atom is -0.490 e. The molecule has 0 atom stereocenters. The highest BCUT2D eigenvalue weighted by molar-refractivity contribution is 9.10. The van der Waals surface area contributed by atoms with Crippen molar-refractivity contribution in [3.05, 3.63) is 153 Å². The molecule has 0 saturated carbocycles. The van der Waals surface area contributed by atoms with E-state index in [-0.39, 0.29) is 123 Å². The molecule has 148 heavy (non-hydrogen) atoms. The maximum absolute atomic E-state index is 13.6. The molecule has 0 N–H and O–H groups in total. The van der Waals surface area contributed by atoms with E-state index in [1.807, 2.05) is 56.6 Å². The van der Waals surface area contributed by atoms with Gasteiger partial charge in [-0.1, -0.05) is 49.4 Å². The average molecular weight is 2210 g/mol. The summed E-state index contributed by atoms with van der Waals surface area (Å²) < 4.78 is 159. The van der Waals surface area contributed by atoms with Crippen LogP contribution in [0.1, 0.15) is 179 Å². The maximum Gasteiger partial charge on any atom is 0.373 e. The first-order valence-electron chi connectivity index (χ1n) is 48.1. The molecule has 0 saturated heterocycles. The number of pyridine rings is 2. The van der Waals surface area contributed by atoms with Crippen LogP contribution in [0.4, 0.5) is 0 Å². The number of rotatable bonds is 65. The van der Waals surface area contributed by atoms with E-state index in [4.69, 9.17) is 138 Å². The molecule has 6 aromatic heterocycles. The lowest BCUT2D eigenvalue weighted by Crippen LogP contribution is -2.32. The van der Waals surface area contributed by atoms with Gasteiger partial charge in [-0.2, -0.15) is 39.6 Å². The molecule has 8 aromatic rings. The molecule has 44 nitrogen and oxygen atoms in total. The molecule has 0 bridgehead atoms. The summed E-state index contributed by atoms with van der Waals surface area (Å²) in [6.07, 6.45) is 11.2. The van der Waals surface area contributed by atoms with Gasteiger partial charge in [-0.15, -0.1) is 0 Å². The third kappa shape index (κ3) is 53.5. The van der Waals surface area contributed by atoms with Crippen LogP contribution in [0.5, 0.6) is 23.0 Å². The van der Waals surface area contributed by atoms with Gasteiger partial charge in [0.15, 0.2) is 23.3 Å². The Bertz CT molecular complexity index is 5510. The molecule has 6 heterocycles. The Morgan fingerprint density at radius 1 is 0.385 bits per heavy atom. The van der Waals surface area contributed by atoms with E-state index < -0.39 is 44.5 Å². The standard InChI is InChI=1S/C49H67N7O13P2.C40H54BrN7O11P2.2C4H10O.2CO2/c1-8-23-53(37-67-70-59)34-42-21-24-55(51-42)46-30-39(31-47(50-46)56-25-22-43(52-56)35-54(36-49(58)64-10-3)38-71(60,68-11-4)69-12-5)19-20-41-33-44(65-28-26-61-6)40(32-45(41)66-29-27-62-7)17-15-13-14-16-18-48(57)63-9-2;1-7-15-45(29-57-60-50)26-33-13-16-47(43-33)38-22-31(11-12-32-24-37(56-21-19-53-6)35(41)25-36(32)55-20-18-52-5)23-39(42-38)48-17-14-34(44-48)27-46(28-40(49)54-8-2)30-61(51,58-9-3)59-10-4;2*1-3-5-4-2;2*2-1-3/h21-22,24-25,30-33H,8-14,16,18,23,26-29,34-38H2,1-7H3;13-14,16-17,22-25H,7-10,15,18-21,26-30H2,1-6H3;2*3-4H2,1-2H3;;. The van der Waals surface area contributed by atoms with Gasteiger partial charge in [-0.25, -0.2) is 37.8 Å². The molecule has 0 radical (unpaired) electrons. The topological polar surface area (TPSA) is 473 Å². The Hall–Kier alpha value is -10.9. The van der Waals surface area contributed by atoms with Crippen LogP contribution in [0, 0.1) is 35.5 Å². The van der Waals surface area contributed by atoms with Crippen LogP contribution < -0.4 is 18.9 Å². The van der Waals surface area contributed by atoms with Crippen molar-refractivity contribution in [2.24, 2.45) is 0 Å². The van der Waals surface area contributed by atoms with E-state index >= 15 is 0 Å². The van der Waals surface area contributed by atoms with Crippen LogP contribution in [-0.4, -0.2) is 305 Å². The van der Waals surface area contributed by atoms with Crippen molar-refractivity contribution >= 4 is 78.7 Å². The summed E-state index contributed by atoms with van der Waals surface area (Å²) in [7, 11) is -1.58. The molecule has 0 unspecified atom stereocenters. The predicted octanol–water partition coefficient (Wildman–Crippen LogP) is 14.9. The van der Waals surface area contributed by atoms with Crippen molar-refractivity contribution < 1.29 is 141 Å². The number of nitrogens with zero attached hydrogens (tertiary/aromatic N) is 14. The molecule has 0 amide bonds. The van der Waals surface area contributed by atoms with Crippen molar-refractivity contribution in [3.63, 3.8) is 0 Å². The number of methoxy groups -OCH3 is 4. The van der Waals surface area contributed by atoms with Gasteiger partial charge in [-0.3, -0.25) is 52.2 Å². The van der Waals surface area contributed by atoms with Gasteiger partial charge in [0, 0.05) is 161 Å². The minimum atomic E-state index is -3.60. The Morgan fingerprint density at radius 2 is 0.696 bits per heavy atom. The first-order valence-corrected chi connectivity index (χ1v) is 53.8. The quantitative estimate of drug-likeness (QED) is 0.00853. The van der Waals surface area contributed by atoms with Crippen LogP contribution >= 0.6 is 48.5 Å². The molecule has 814 valence electrons. The Labute approximate surface area is 878 Å². The van der Waals surface area contributed by atoms with E-state index in [1.165, 1.54) is 0 Å². The summed E-state index contributed by atoms with van der Waals surface area (Å²) in [4.78, 5) is 86.7. The predicted molar refractivity (Wildman–Crippen MR) is 549 cm³/mol. The van der Waals surface area contributed by atoms with E-state index in [0.29, 0.717) is 175 Å². The normalized spacial score (nSPS) is 10.9. The molecule has 49 heteroatoms. The van der Waals surface area contributed by atoms with Crippen LogP contribution in [0.25, 0.3) is 23.3 Å². The second kappa shape index (κ2) is 80.1. The number of ether oxygens (including phenoxy) is 13. The van der Waals surface area contributed by atoms with Crippen LogP contribution in [0.2, 0.25) is 0 Å². The van der Waals surface area contributed by atoms with Gasteiger partial charge >= 0.3 is 62.8 Å². The van der Waals surface area contributed by atoms with E-state index in [9.17, 15) is 32.6 Å². The smallest absolute Gasteiger partial charge is 0.373 e. The number of hydrogen-bond acceptors (Lipinski definition) is 40. The number of unbranched alkanes of at least 4 members (excludes halogenated alkanes) is 2. The summed E-state index contributed by atoms with van der Waals surface area (Å²) in [5.74, 6) is 22.1. The van der Waals surface area contributed by atoms with E-state index in [1.54, 1.807) is 191 Å². The third-order valence-corrected chi connectivity index (χ3v) is 24.1. The fraction of sp³-hybridized carbons (Fsp3) is 0.545. The van der Waals surface area contributed by atoms with E-state index in [2.05, 4.69) is 58.4 Å². The Morgan fingerprint density at radius 3 is 1.00 bits per heavy atom. The van der Waals surface area contributed by atoms with Crippen LogP contribution in [0.3, 0.4) is 0 Å². The van der Waals surface area contributed by atoms with E-state index in [0.717, 1.165) is 63.6 Å². The highest BCUT2D eigenvalue weighted by atomic mass is 79.9. The number of carbonyl (C=O) groups excluding carboxylic acids is 7. The van der Waals surface area contributed by atoms with Crippen molar-refractivity contribution in [2.45, 2.75) is 155 Å². The first-order chi connectivity index (χ1) is 71.7. The summed E-state index contributed by atoms with van der Waals surface area (Å²) in [5, 5.41) is 19.3. The minimum absolute atomic E-state index is 0.102. The molecule has 0 fully saturated rings. The van der Waals surface area contributed by atoms with Crippen molar-refractivity contribution in [1.82, 2.24) is 68.7 Å². The SMILES string of the molecule is CCCN(COP=O)Cc1ccn(-c2cc(C#Cc3cc(OCCOC)c(Br)cc3OCCOC)cc(-n3ccc(CN(CC(=O)OCC)CP(=O)(OCC)OCC)n3)n2)n1.CCCN(COP=O)Cc1ccn(-c2cc(C#Cc3cc(OCCOC)c(C#CCCCCC(=O)OCC)cc3OCCOC)cc(-n3ccc(CN(CC(=O)OCC)CP(=O)(OCC)OCC)n3)n2)n1.CCOCC.CCOCC.O=C=O.O=C=O. The molecular formula is C99H141BrN14O30P4. The summed E-state index contributed by atoms with van der Waals surface area (Å²) in [6.45, 7) is 34.1. The monoisotopic (exact) mass is 2210 g/mol. The third-order valence-electron chi connectivity index (χ3n) is 18.9. The Balaban J connectivity index is 0.000000668. The Kier molecular flexibility index (Phi) is 71.1. The van der Waals surface area contributed by atoms with Gasteiger partial charge in [0.25, 0.3) is 0 Å². The lowest BCUT2D eigenvalue weighted by molar-refractivity contribution is -0.193. The maximum atomic E-state index is 13.6. The van der Waals surface area contributed by atoms with Crippen molar-refractivity contribution in [1.29, 1.82) is 0 Å². The fourth-order valence-electron chi connectivity index (χ4n) is 13.0.